The summed E-state index contributed by atoms with van der Waals surface area (Å²) in [5.41, 5.74) is -0.136. The summed E-state index contributed by atoms with van der Waals surface area (Å²) in [6.07, 6.45) is 0.397. The number of rotatable bonds is 0. The molecule has 3 heteroatoms. The quantitative estimate of drug-likeness (QED) is 0.542. The fourth-order valence-corrected chi connectivity index (χ4v) is 1.44. The highest BCUT2D eigenvalue weighted by Gasteiger charge is 2.35. The standard InChI is InChI=1S/C9H14N2O/c1-9(2,3)11-6-7(5-10)4-8(11)12/h7H,4,6H2,1-3H3. The Morgan fingerprint density at radius 1 is 1.58 bits per heavy atom. The molecule has 0 spiro atoms. The topological polar surface area (TPSA) is 44.1 Å². The molecule has 0 radical (unpaired) electrons. The van der Waals surface area contributed by atoms with Gasteiger partial charge in [0.1, 0.15) is 0 Å². The largest absolute Gasteiger partial charge is 0.336 e. The summed E-state index contributed by atoms with van der Waals surface area (Å²) in [5, 5.41) is 8.64. The van der Waals surface area contributed by atoms with Gasteiger partial charge in [0.15, 0.2) is 0 Å². The molecule has 1 amide bonds. The number of carbonyl (C=O) groups is 1. The van der Waals surface area contributed by atoms with Crippen molar-refractivity contribution in [3.8, 4) is 6.07 Å². The van der Waals surface area contributed by atoms with Crippen LogP contribution in [0.15, 0.2) is 0 Å². The molecule has 1 saturated heterocycles. The van der Waals surface area contributed by atoms with Gasteiger partial charge < -0.3 is 4.90 Å². The van der Waals surface area contributed by atoms with Crippen molar-refractivity contribution >= 4 is 5.91 Å². The van der Waals surface area contributed by atoms with Crippen LogP contribution >= 0.6 is 0 Å². The second-order valence-electron chi connectivity index (χ2n) is 4.21. The molecule has 0 aliphatic carbocycles. The highest BCUT2D eigenvalue weighted by Crippen LogP contribution is 2.24. The lowest BCUT2D eigenvalue weighted by Gasteiger charge is -2.31. The van der Waals surface area contributed by atoms with Crippen LogP contribution in [0, 0.1) is 17.2 Å². The van der Waals surface area contributed by atoms with Crippen molar-refractivity contribution in [2.45, 2.75) is 32.7 Å². The van der Waals surface area contributed by atoms with E-state index < -0.39 is 0 Å². The predicted molar refractivity (Wildman–Crippen MR) is 45.2 cm³/mol. The highest BCUT2D eigenvalue weighted by molar-refractivity contribution is 5.79. The Kier molecular flexibility index (Phi) is 2.10. The molecular weight excluding hydrogens is 152 g/mol. The number of nitriles is 1. The third-order valence-corrected chi connectivity index (χ3v) is 2.12. The molecule has 1 heterocycles. The monoisotopic (exact) mass is 166 g/mol. The van der Waals surface area contributed by atoms with E-state index >= 15 is 0 Å². The Morgan fingerprint density at radius 3 is 2.42 bits per heavy atom. The molecule has 1 aliphatic rings. The normalized spacial score (nSPS) is 24.3. The average Bonchev–Trinajstić information content (AvgIpc) is 2.29. The summed E-state index contributed by atoms with van der Waals surface area (Å²) in [7, 11) is 0. The first-order valence-corrected chi connectivity index (χ1v) is 4.15. The molecule has 12 heavy (non-hydrogen) atoms. The summed E-state index contributed by atoms with van der Waals surface area (Å²) in [6, 6.07) is 2.13. The van der Waals surface area contributed by atoms with Crippen molar-refractivity contribution in [1.29, 1.82) is 5.26 Å². The second-order valence-corrected chi connectivity index (χ2v) is 4.21. The van der Waals surface area contributed by atoms with Crippen molar-refractivity contribution < 1.29 is 4.79 Å². The first-order chi connectivity index (χ1) is 5.45. The highest BCUT2D eigenvalue weighted by atomic mass is 16.2. The van der Waals surface area contributed by atoms with Crippen LogP contribution in [0.25, 0.3) is 0 Å². The van der Waals surface area contributed by atoms with E-state index in [1.165, 1.54) is 0 Å². The van der Waals surface area contributed by atoms with Crippen molar-refractivity contribution in [1.82, 2.24) is 4.90 Å². The molecule has 1 unspecified atom stereocenters. The van der Waals surface area contributed by atoms with Gasteiger partial charge in [0.25, 0.3) is 0 Å². The van der Waals surface area contributed by atoms with Crippen molar-refractivity contribution in [2.24, 2.45) is 5.92 Å². The van der Waals surface area contributed by atoms with E-state index in [1.54, 1.807) is 4.90 Å². The third kappa shape index (κ3) is 1.58. The number of amides is 1. The molecule has 3 nitrogen and oxygen atoms in total. The molecule has 1 aliphatic heterocycles. The van der Waals surface area contributed by atoms with Crippen LogP contribution in [-0.2, 0) is 4.79 Å². The first kappa shape index (κ1) is 9.05. The minimum absolute atomic E-state index is 0.100. The molecule has 1 rings (SSSR count). The zero-order valence-electron chi connectivity index (χ0n) is 7.79. The van der Waals surface area contributed by atoms with Crippen LogP contribution in [0.2, 0.25) is 0 Å². The Bertz CT molecular complexity index is 234. The zero-order chi connectivity index (χ0) is 9.35. The molecule has 1 fully saturated rings. The summed E-state index contributed by atoms with van der Waals surface area (Å²) < 4.78 is 0. The van der Waals surface area contributed by atoms with E-state index in [4.69, 9.17) is 5.26 Å². The van der Waals surface area contributed by atoms with Gasteiger partial charge in [-0.25, -0.2) is 0 Å². The van der Waals surface area contributed by atoms with Crippen LogP contribution in [0.4, 0.5) is 0 Å². The molecule has 0 saturated carbocycles. The lowest BCUT2D eigenvalue weighted by molar-refractivity contribution is -0.131. The van der Waals surface area contributed by atoms with Gasteiger partial charge in [0.05, 0.1) is 12.0 Å². The predicted octanol–water partition coefficient (Wildman–Crippen LogP) is 1.16. The maximum atomic E-state index is 11.4. The number of hydrogen-bond acceptors (Lipinski definition) is 2. The van der Waals surface area contributed by atoms with Gasteiger partial charge in [0.2, 0.25) is 5.91 Å². The number of hydrogen-bond donors (Lipinski definition) is 0. The van der Waals surface area contributed by atoms with E-state index in [9.17, 15) is 4.79 Å². The molecule has 0 aromatic rings. The molecule has 66 valence electrons. The van der Waals surface area contributed by atoms with E-state index in [-0.39, 0.29) is 17.4 Å². The maximum absolute atomic E-state index is 11.4. The van der Waals surface area contributed by atoms with E-state index in [1.807, 2.05) is 20.8 Å². The number of carbonyl (C=O) groups excluding carboxylic acids is 1. The minimum atomic E-state index is -0.136. The Morgan fingerprint density at radius 2 is 2.17 bits per heavy atom. The Hall–Kier alpha value is -1.04. The third-order valence-electron chi connectivity index (χ3n) is 2.12. The van der Waals surface area contributed by atoms with Crippen LogP contribution < -0.4 is 0 Å². The van der Waals surface area contributed by atoms with E-state index in [2.05, 4.69) is 6.07 Å². The minimum Gasteiger partial charge on any atom is -0.336 e. The summed E-state index contributed by atoms with van der Waals surface area (Å²) >= 11 is 0. The van der Waals surface area contributed by atoms with Crippen molar-refractivity contribution in [3.05, 3.63) is 0 Å². The van der Waals surface area contributed by atoms with Crippen molar-refractivity contribution in [3.63, 3.8) is 0 Å². The summed E-state index contributed by atoms with van der Waals surface area (Å²) in [4.78, 5) is 13.1. The van der Waals surface area contributed by atoms with Gasteiger partial charge in [-0.3, -0.25) is 4.79 Å². The average molecular weight is 166 g/mol. The molecular formula is C9H14N2O. The molecule has 0 aromatic heterocycles. The fourth-order valence-electron chi connectivity index (χ4n) is 1.44. The van der Waals surface area contributed by atoms with Gasteiger partial charge >= 0.3 is 0 Å². The van der Waals surface area contributed by atoms with Gasteiger partial charge in [0, 0.05) is 18.5 Å². The van der Waals surface area contributed by atoms with Gasteiger partial charge in [-0.1, -0.05) is 0 Å². The van der Waals surface area contributed by atoms with E-state index in [0.29, 0.717) is 13.0 Å². The van der Waals surface area contributed by atoms with Gasteiger partial charge in [-0.05, 0) is 20.8 Å². The van der Waals surface area contributed by atoms with Gasteiger partial charge in [-0.2, -0.15) is 5.26 Å². The van der Waals surface area contributed by atoms with Gasteiger partial charge in [-0.15, -0.1) is 0 Å². The van der Waals surface area contributed by atoms with E-state index in [0.717, 1.165) is 0 Å². The molecule has 0 aromatic carbocycles. The summed E-state index contributed by atoms with van der Waals surface area (Å²) in [5.74, 6) is 0.00535. The SMILES string of the molecule is CC(C)(C)N1CC(C#N)CC1=O. The lowest BCUT2D eigenvalue weighted by Crippen LogP contribution is -2.42. The van der Waals surface area contributed by atoms with Crippen molar-refractivity contribution in [2.75, 3.05) is 6.54 Å². The Labute approximate surface area is 73.0 Å². The summed E-state index contributed by atoms with van der Waals surface area (Å²) in [6.45, 7) is 6.57. The van der Waals surface area contributed by atoms with Crippen LogP contribution in [0.1, 0.15) is 27.2 Å². The Balaban J connectivity index is 2.72. The molecule has 1 atom stereocenters. The maximum Gasteiger partial charge on any atom is 0.224 e. The number of likely N-dealkylation sites (tertiary alicyclic amines) is 1. The van der Waals surface area contributed by atoms with Crippen LogP contribution in [0.5, 0.6) is 0 Å². The lowest BCUT2D eigenvalue weighted by atomic mass is 10.1. The molecule has 0 N–H and O–H groups in total. The number of nitrogens with zero attached hydrogens (tertiary/aromatic N) is 2. The van der Waals surface area contributed by atoms with Crippen LogP contribution in [-0.4, -0.2) is 22.9 Å². The smallest absolute Gasteiger partial charge is 0.224 e. The second kappa shape index (κ2) is 2.78. The van der Waals surface area contributed by atoms with Crippen LogP contribution in [0.3, 0.4) is 0 Å². The first-order valence-electron chi connectivity index (χ1n) is 4.15. The zero-order valence-corrected chi connectivity index (χ0v) is 7.79. The molecule has 0 bridgehead atoms. The fraction of sp³-hybridized carbons (Fsp3) is 0.778.